The first-order valence-corrected chi connectivity index (χ1v) is 6.97. The van der Waals surface area contributed by atoms with Crippen LogP contribution in [0.2, 0.25) is 0 Å². The molecular weight excluding hydrogens is 308 g/mol. The minimum Gasteiger partial charge on any atom is -0.350 e. The highest BCUT2D eigenvalue weighted by molar-refractivity contribution is 9.09. The first-order valence-electron chi connectivity index (χ1n) is 5.24. The summed E-state index contributed by atoms with van der Waals surface area (Å²) in [5, 5.41) is 13.2. The lowest BCUT2D eigenvalue weighted by molar-refractivity contribution is -0.380. The van der Waals surface area contributed by atoms with Gasteiger partial charge in [0.1, 0.15) is 0 Å². The van der Waals surface area contributed by atoms with E-state index in [1.807, 2.05) is 0 Å². The fraction of sp³-hybridized carbons (Fsp3) is 0.500. The second-order valence-electron chi connectivity index (χ2n) is 3.96. The van der Waals surface area contributed by atoms with Crippen molar-refractivity contribution in [3.05, 3.63) is 27.1 Å². The predicted octanol–water partition coefficient (Wildman–Crippen LogP) is 2.56. The van der Waals surface area contributed by atoms with Gasteiger partial charge in [0.15, 0.2) is 0 Å². The predicted molar refractivity (Wildman–Crippen MR) is 68.7 cm³/mol. The molecule has 0 aromatic carbocycles. The lowest BCUT2D eigenvalue weighted by Gasteiger charge is -2.08. The maximum absolute atomic E-state index is 11.7. The second-order valence-corrected chi connectivity index (χ2v) is 6.20. The monoisotopic (exact) mass is 318 g/mol. The third-order valence-corrected chi connectivity index (χ3v) is 4.69. The molecule has 0 spiro atoms. The topological polar surface area (TPSA) is 72.2 Å². The molecule has 1 N–H and O–H groups in total. The van der Waals surface area contributed by atoms with E-state index in [0.717, 1.165) is 11.3 Å². The van der Waals surface area contributed by atoms with Gasteiger partial charge in [-0.05, 0) is 24.8 Å². The van der Waals surface area contributed by atoms with Crippen LogP contribution in [0.25, 0.3) is 0 Å². The number of nitrogens with one attached hydrogen (secondary N) is 1. The third kappa shape index (κ3) is 3.26. The first-order chi connectivity index (χ1) is 8.08. The van der Waals surface area contributed by atoms with Crippen LogP contribution in [-0.2, 0) is 0 Å². The Kier molecular flexibility index (Phi) is 3.78. The highest BCUT2D eigenvalue weighted by Crippen LogP contribution is 2.36. The maximum Gasteiger partial charge on any atom is 0.324 e. The number of carbonyl (C=O) groups is 1. The van der Waals surface area contributed by atoms with E-state index >= 15 is 0 Å². The molecule has 1 aliphatic carbocycles. The standard InChI is InChI=1S/C10H11BrN2O3S/c11-7(6-1-2-6)5-12-10(14)8-3-4-9(17-8)13(15)16/h3-4,6-7H,1-2,5H2,(H,12,14). The van der Waals surface area contributed by atoms with Crippen molar-refractivity contribution in [3.8, 4) is 0 Å². The molecule has 1 atom stereocenters. The lowest BCUT2D eigenvalue weighted by atomic mass is 10.3. The average molecular weight is 319 g/mol. The molecule has 0 bridgehead atoms. The van der Waals surface area contributed by atoms with Gasteiger partial charge in [0.2, 0.25) is 0 Å². The number of thiophene rings is 1. The Bertz CT molecular complexity index is 445. The molecule has 1 aliphatic rings. The Balaban J connectivity index is 1.87. The van der Waals surface area contributed by atoms with Gasteiger partial charge in [0.25, 0.3) is 5.91 Å². The van der Waals surface area contributed by atoms with Gasteiger partial charge in [0, 0.05) is 17.4 Å². The fourth-order valence-corrected chi connectivity index (χ4v) is 2.88. The quantitative estimate of drug-likeness (QED) is 0.515. The SMILES string of the molecule is O=C(NCC(Br)C1CC1)c1ccc([N+](=O)[O-])s1. The van der Waals surface area contributed by atoms with Gasteiger partial charge < -0.3 is 5.32 Å². The van der Waals surface area contributed by atoms with Crippen LogP contribution in [-0.4, -0.2) is 22.2 Å². The Morgan fingerprint density at radius 1 is 1.65 bits per heavy atom. The third-order valence-electron chi connectivity index (χ3n) is 2.59. The summed E-state index contributed by atoms with van der Waals surface area (Å²) in [6.45, 7) is 0.565. The zero-order valence-electron chi connectivity index (χ0n) is 8.89. The fourth-order valence-electron chi connectivity index (χ4n) is 1.45. The van der Waals surface area contributed by atoms with Gasteiger partial charge in [-0.3, -0.25) is 14.9 Å². The van der Waals surface area contributed by atoms with Gasteiger partial charge in [-0.2, -0.15) is 0 Å². The van der Waals surface area contributed by atoms with Crippen molar-refractivity contribution in [2.45, 2.75) is 17.7 Å². The lowest BCUT2D eigenvalue weighted by Crippen LogP contribution is -2.29. The van der Waals surface area contributed by atoms with Crippen molar-refractivity contribution in [2.24, 2.45) is 5.92 Å². The summed E-state index contributed by atoms with van der Waals surface area (Å²) in [5.74, 6) is 0.418. The number of alkyl halides is 1. The highest BCUT2D eigenvalue weighted by atomic mass is 79.9. The van der Waals surface area contributed by atoms with Crippen LogP contribution >= 0.6 is 27.3 Å². The average Bonchev–Trinajstić information content (AvgIpc) is 3.02. The molecular formula is C10H11BrN2O3S. The van der Waals surface area contributed by atoms with Crippen LogP contribution in [0.5, 0.6) is 0 Å². The Morgan fingerprint density at radius 2 is 2.35 bits per heavy atom. The zero-order valence-corrected chi connectivity index (χ0v) is 11.3. The highest BCUT2D eigenvalue weighted by Gasteiger charge is 2.29. The minimum absolute atomic E-state index is 0.00673. The van der Waals surface area contributed by atoms with E-state index in [4.69, 9.17) is 0 Å². The Morgan fingerprint density at radius 3 is 2.88 bits per heavy atom. The van der Waals surface area contributed by atoms with Crippen LogP contribution in [0.4, 0.5) is 5.00 Å². The van der Waals surface area contributed by atoms with Crippen molar-refractivity contribution in [3.63, 3.8) is 0 Å². The molecule has 1 fully saturated rings. The second kappa shape index (κ2) is 5.14. The summed E-state index contributed by atoms with van der Waals surface area (Å²) in [6, 6.07) is 2.84. The van der Waals surface area contributed by atoms with Gasteiger partial charge >= 0.3 is 5.00 Å². The molecule has 1 aromatic rings. The van der Waals surface area contributed by atoms with E-state index in [-0.39, 0.29) is 10.9 Å². The molecule has 0 saturated heterocycles. The number of amides is 1. The van der Waals surface area contributed by atoms with Crippen LogP contribution in [0, 0.1) is 16.0 Å². The number of nitrogens with zero attached hydrogens (tertiary/aromatic N) is 1. The smallest absolute Gasteiger partial charge is 0.324 e. The molecule has 0 radical (unpaired) electrons. The van der Waals surface area contributed by atoms with Crippen LogP contribution in [0.3, 0.4) is 0 Å². The number of carbonyl (C=O) groups excluding carboxylic acids is 1. The number of nitro groups is 1. The number of halogens is 1. The summed E-state index contributed by atoms with van der Waals surface area (Å²) in [6.07, 6.45) is 2.41. The van der Waals surface area contributed by atoms with Gasteiger partial charge in [-0.15, -0.1) is 0 Å². The van der Waals surface area contributed by atoms with E-state index < -0.39 is 4.92 Å². The zero-order chi connectivity index (χ0) is 12.4. The number of hydrogen-bond acceptors (Lipinski definition) is 4. The summed E-state index contributed by atoms with van der Waals surface area (Å²) in [4.78, 5) is 22.4. The largest absolute Gasteiger partial charge is 0.350 e. The minimum atomic E-state index is -0.487. The Labute approximate surface area is 110 Å². The maximum atomic E-state index is 11.7. The van der Waals surface area contributed by atoms with Crippen molar-refractivity contribution in [1.82, 2.24) is 5.32 Å². The molecule has 92 valence electrons. The summed E-state index contributed by atoms with van der Waals surface area (Å²) < 4.78 is 0. The number of rotatable bonds is 5. The van der Waals surface area contributed by atoms with Gasteiger partial charge in [-0.25, -0.2) is 0 Å². The van der Waals surface area contributed by atoms with Crippen molar-refractivity contribution >= 4 is 38.2 Å². The summed E-state index contributed by atoms with van der Waals surface area (Å²) in [5.41, 5.74) is 0. The molecule has 7 heteroatoms. The molecule has 2 rings (SSSR count). The van der Waals surface area contributed by atoms with Crippen molar-refractivity contribution in [1.29, 1.82) is 0 Å². The summed E-state index contributed by atoms with van der Waals surface area (Å²) in [7, 11) is 0. The van der Waals surface area contributed by atoms with E-state index in [0.29, 0.717) is 22.2 Å². The van der Waals surface area contributed by atoms with Crippen LogP contribution in [0.15, 0.2) is 12.1 Å². The van der Waals surface area contributed by atoms with E-state index in [1.54, 1.807) is 0 Å². The van der Waals surface area contributed by atoms with E-state index in [1.165, 1.54) is 25.0 Å². The normalized spacial score (nSPS) is 16.5. The molecule has 1 amide bonds. The van der Waals surface area contributed by atoms with Crippen molar-refractivity contribution in [2.75, 3.05) is 6.54 Å². The summed E-state index contributed by atoms with van der Waals surface area (Å²) >= 11 is 4.41. The number of hydrogen-bond donors (Lipinski definition) is 1. The van der Waals surface area contributed by atoms with Crippen molar-refractivity contribution < 1.29 is 9.72 Å². The molecule has 17 heavy (non-hydrogen) atoms. The molecule has 1 aromatic heterocycles. The molecule has 1 unspecified atom stereocenters. The van der Waals surface area contributed by atoms with Crippen LogP contribution in [0.1, 0.15) is 22.5 Å². The van der Waals surface area contributed by atoms with Gasteiger partial charge in [0.05, 0.1) is 9.80 Å². The molecule has 5 nitrogen and oxygen atoms in total. The molecule has 1 heterocycles. The van der Waals surface area contributed by atoms with Gasteiger partial charge in [-0.1, -0.05) is 27.3 Å². The van der Waals surface area contributed by atoms with E-state index in [2.05, 4.69) is 21.2 Å². The molecule has 0 aliphatic heterocycles. The van der Waals surface area contributed by atoms with Crippen LogP contribution < -0.4 is 5.32 Å². The Hall–Kier alpha value is -0.950. The van der Waals surface area contributed by atoms with E-state index in [9.17, 15) is 14.9 Å². The molecule has 1 saturated carbocycles. The first kappa shape index (κ1) is 12.5.